The number of hydrazone groups is 1. The highest BCUT2D eigenvalue weighted by Crippen LogP contribution is 2.38. The number of anilines is 1. The SMILES string of the molecule is COc1cc(C=NNc2ccccc2)cc(OC)c1OCC(=O)O. The third kappa shape index (κ3) is 4.64. The number of benzene rings is 2. The minimum Gasteiger partial charge on any atom is -0.493 e. The molecule has 2 N–H and O–H groups in total. The molecule has 0 unspecified atom stereocenters. The highest BCUT2D eigenvalue weighted by Gasteiger charge is 2.15. The van der Waals surface area contributed by atoms with E-state index in [9.17, 15) is 4.79 Å². The summed E-state index contributed by atoms with van der Waals surface area (Å²) in [7, 11) is 2.93. The van der Waals surface area contributed by atoms with Gasteiger partial charge in [-0.1, -0.05) is 18.2 Å². The number of methoxy groups -OCH3 is 2. The van der Waals surface area contributed by atoms with Gasteiger partial charge in [0.05, 0.1) is 26.1 Å². The van der Waals surface area contributed by atoms with Crippen molar-refractivity contribution in [2.75, 3.05) is 26.3 Å². The standard InChI is InChI=1S/C17H18N2O5/c1-22-14-8-12(10-18-19-13-6-4-3-5-7-13)9-15(23-2)17(14)24-11-16(20)21/h3-10,19H,11H2,1-2H3,(H,20,21). The molecular formula is C17H18N2O5. The van der Waals surface area contributed by atoms with Crippen molar-refractivity contribution in [3.8, 4) is 17.2 Å². The number of carbonyl (C=O) groups is 1. The van der Waals surface area contributed by atoms with Crippen molar-refractivity contribution in [2.45, 2.75) is 0 Å². The van der Waals surface area contributed by atoms with Gasteiger partial charge in [0.1, 0.15) is 0 Å². The number of nitrogens with one attached hydrogen (secondary N) is 1. The van der Waals surface area contributed by atoms with E-state index in [1.165, 1.54) is 14.2 Å². The summed E-state index contributed by atoms with van der Waals surface area (Å²) < 4.78 is 15.7. The number of rotatable bonds is 8. The van der Waals surface area contributed by atoms with Crippen LogP contribution in [0.15, 0.2) is 47.6 Å². The number of ether oxygens (including phenoxy) is 3. The van der Waals surface area contributed by atoms with Crippen LogP contribution in [0, 0.1) is 0 Å². The number of carboxylic acids is 1. The van der Waals surface area contributed by atoms with E-state index >= 15 is 0 Å². The van der Waals surface area contributed by atoms with Crippen molar-refractivity contribution >= 4 is 17.9 Å². The van der Waals surface area contributed by atoms with Crippen LogP contribution in [-0.4, -0.2) is 38.1 Å². The van der Waals surface area contributed by atoms with E-state index in [1.807, 2.05) is 30.3 Å². The van der Waals surface area contributed by atoms with Crippen molar-refractivity contribution in [3.63, 3.8) is 0 Å². The molecule has 0 saturated carbocycles. The minimum atomic E-state index is -1.09. The predicted molar refractivity (Wildman–Crippen MR) is 90.3 cm³/mol. The zero-order valence-electron chi connectivity index (χ0n) is 13.4. The normalized spacial score (nSPS) is 10.4. The molecule has 0 saturated heterocycles. The van der Waals surface area contributed by atoms with Gasteiger partial charge in [0.2, 0.25) is 5.75 Å². The molecule has 0 fully saturated rings. The molecule has 2 aromatic rings. The van der Waals surface area contributed by atoms with E-state index in [0.29, 0.717) is 17.1 Å². The van der Waals surface area contributed by atoms with Gasteiger partial charge < -0.3 is 19.3 Å². The third-order valence-corrected chi connectivity index (χ3v) is 3.00. The van der Waals surface area contributed by atoms with Gasteiger partial charge in [0, 0.05) is 5.56 Å². The van der Waals surface area contributed by atoms with Crippen molar-refractivity contribution in [3.05, 3.63) is 48.0 Å². The Hall–Kier alpha value is -3.22. The molecule has 0 radical (unpaired) electrons. The average molecular weight is 330 g/mol. The Morgan fingerprint density at radius 1 is 1.17 bits per heavy atom. The first-order valence-corrected chi connectivity index (χ1v) is 7.08. The molecule has 0 aliphatic rings. The first-order valence-electron chi connectivity index (χ1n) is 7.08. The maximum absolute atomic E-state index is 10.7. The molecule has 0 aromatic heterocycles. The Kier molecular flexibility index (Phi) is 6.01. The zero-order chi connectivity index (χ0) is 17.4. The van der Waals surface area contributed by atoms with Crippen molar-refractivity contribution in [2.24, 2.45) is 5.10 Å². The molecule has 2 aromatic carbocycles. The maximum atomic E-state index is 10.7. The summed E-state index contributed by atoms with van der Waals surface area (Å²) >= 11 is 0. The van der Waals surface area contributed by atoms with E-state index in [2.05, 4.69) is 10.5 Å². The van der Waals surface area contributed by atoms with Crippen LogP contribution in [-0.2, 0) is 4.79 Å². The number of para-hydroxylation sites is 1. The molecule has 24 heavy (non-hydrogen) atoms. The number of hydrogen-bond acceptors (Lipinski definition) is 6. The van der Waals surface area contributed by atoms with E-state index in [-0.39, 0.29) is 5.75 Å². The Morgan fingerprint density at radius 3 is 2.33 bits per heavy atom. The molecule has 0 spiro atoms. The van der Waals surface area contributed by atoms with Crippen LogP contribution < -0.4 is 19.6 Å². The summed E-state index contributed by atoms with van der Waals surface area (Å²) in [6.45, 7) is -0.490. The Morgan fingerprint density at radius 2 is 1.79 bits per heavy atom. The van der Waals surface area contributed by atoms with Gasteiger partial charge in [-0.25, -0.2) is 4.79 Å². The van der Waals surface area contributed by atoms with Crippen LogP contribution in [0.2, 0.25) is 0 Å². The van der Waals surface area contributed by atoms with Crippen LogP contribution in [0.3, 0.4) is 0 Å². The third-order valence-electron chi connectivity index (χ3n) is 3.00. The quantitative estimate of drug-likeness (QED) is 0.571. The molecule has 0 aliphatic carbocycles. The number of nitrogens with zero attached hydrogens (tertiary/aromatic N) is 1. The number of aliphatic carboxylic acids is 1. The fourth-order valence-electron chi connectivity index (χ4n) is 1.94. The summed E-state index contributed by atoms with van der Waals surface area (Å²) in [4.78, 5) is 10.7. The fourth-order valence-corrected chi connectivity index (χ4v) is 1.94. The van der Waals surface area contributed by atoms with Gasteiger partial charge in [-0.15, -0.1) is 0 Å². The topological polar surface area (TPSA) is 89.4 Å². The number of carboxylic acid groups (broad SMARTS) is 1. The molecule has 0 aliphatic heterocycles. The second-order valence-corrected chi connectivity index (χ2v) is 4.67. The first kappa shape index (κ1) is 17.1. The molecule has 0 heterocycles. The average Bonchev–Trinajstić information content (AvgIpc) is 2.60. The van der Waals surface area contributed by atoms with Crippen LogP contribution >= 0.6 is 0 Å². The first-order chi connectivity index (χ1) is 11.6. The van der Waals surface area contributed by atoms with E-state index in [1.54, 1.807) is 18.3 Å². The largest absolute Gasteiger partial charge is 0.493 e. The summed E-state index contributed by atoms with van der Waals surface area (Å²) in [5.41, 5.74) is 4.46. The van der Waals surface area contributed by atoms with E-state index in [4.69, 9.17) is 19.3 Å². The van der Waals surface area contributed by atoms with Crippen LogP contribution in [0.5, 0.6) is 17.2 Å². The van der Waals surface area contributed by atoms with Crippen LogP contribution in [0.4, 0.5) is 5.69 Å². The molecule has 2 rings (SSSR count). The lowest BCUT2D eigenvalue weighted by atomic mass is 10.2. The molecule has 0 bridgehead atoms. The Balaban J connectivity index is 2.20. The van der Waals surface area contributed by atoms with Crippen LogP contribution in [0.25, 0.3) is 0 Å². The number of hydrogen-bond donors (Lipinski definition) is 2. The summed E-state index contributed by atoms with van der Waals surface area (Å²) in [6.07, 6.45) is 1.60. The fraction of sp³-hybridized carbons (Fsp3) is 0.176. The minimum absolute atomic E-state index is 0.232. The predicted octanol–water partition coefficient (Wildman–Crippen LogP) is 2.61. The van der Waals surface area contributed by atoms with Crippen molar-refractivity contribution < 1.29 is 24.1 Å². The van der Waals surface area contributed by atoms with Gasteiger partial charge in [-0.2, -0.15) is 5.10 Å². The van der Waals surface area contributed by atoms with Gasteiger partial charge >= 0.3 is 5.97 Å². The lowest BCUT2D eigenvalue weighted by Crippen LogP contribution is -2.11. The summed E-state index contributed by atoms with van der Waals surface area (Å²) in [6, 6.07) is 12.9. The van der Waals surface area contributed by atoms with E-state index < -0.39 is 12.6 Å². The smallest absolute Gasteiger partial charge is 0.341 e. The molecule has 7 nitrogen and oxygen atoms in total. The lowest BCUT2D eigenvalue weighted by molar-refractivity contribution is -0.139. The zero-order valence-corrected chi connectivity index (χ0v) is 13.4. The van der Waals surface area contributed by atoms with Crippen molar-refractivity contribution in [1.82, 2.24) is 0 Å². The Labute approximate surface area is 139 Å². The van der Waals surface area contributed by atoms with Gasteiger partial charge in [0.25, 0.3) is 0 Å². The highest BCUT2D eigenvalue weighted by molar-refractivity contribution is 5.83. The second kappa shape index (κ2) is 8.42. The summed E-state index contributed by atoms with van der Waals surface area (Å²) in [5.74, 6) is -0.138. The van der Waals surface area contributed by atoms with Gasteiger partial charge in [0.15, 0.2) is 18.1 Å². The van der Waals surface area contributed by atoms with Gasteiger partial charge in [-0.05, 0) is 24.3 Å². The van der Waals surface area contributed by atoms with Gasteiger partial charge in [-0.3, -0.25) is 5.43 Å². The van der Waals surface area contributed by atoms with Crippen molar-refractivity contribution in [1.29, 1.82) is 0 Å². The second-order valence-electron chi connectivity index (χ2n) is 4.67. The lowest BCUT2D eigenvalue weighted by Gasteiger charge is -2.14. The molecule has 126 valence electrons. The van der Waals surface area contributed by atoms with E-state index in [0.717, 1.165) is 5.69 Å². The molecular weight excluding hydrogens is 312 g/mol. The molecule has 0 amide bonds. The summed E-state index contributed by atoms with van der Waals surface area (Å²) in [5, 5.41) is 12.9. The molecule has 0 atom stereocenters. The Bertz CT molecular complexity index is 691. The monoisotopic (exact) mass is 330 g/mol. The van der Waals surface area contributed by atoms with Crippen LogP contribution in [0.1, 0.15) is 5.56 Å². The highest BCUT2D eigenvalue weighted by atomic mass is 16.5. The maximum Gasteiger partial charge on any atom is 0.341 e. The molecule has 7 heteroatoms.